The Hall–Kier alpha value is -1.48. The lowest BCUT2D eigenvalue weighted by molar-refractivity contribution is 0.614. The molecule has 0 spiro atoms. The van der Waals surface area contributed by atoms with Crippen LogP contribution in [0.25, 0.3) is 5.57 Å². The molecule has 1 atom stereocenters. The van der Waals surface area contributed by atoms with E-state index in [1.807, 2.05) is 18.2 Å². The van der Waals surface area contributed by atoms with Crippen molar-refractivity contribution in [3.05, 3.63) is 42.5 Å². The van der Waals surface area contributed by atoms with Gasteiger partial charge in [-0.3, -0.25) is 0 Å². The molecule has 0 amide bonds. The first-order chi connectivity index (χ1) is 7.27. The second-order valence-corrected chi connectivity index (χ2v) is 3.83. The predicted octanol–water partition coefficient (Wildman–Crippen LogP) is 4.14. The summed E-state index contributed by atoms with van der Waals surface area (Å²) in [7, 11) is 0. The standard InChI is InChI=1S/C15H18/c1-4-9-14(5-2)12-13(3)15-10-7-6-8-11-15/h2,6-8,10-11,14H,3-4,9,12H2,1H3. The zero-order chi connectivity index (χ0) is 11.1. The molecule has 1 aromatic rings. The Morgan fingerprint density at radius 1 is 1.40 bits per heavy atom. The molecule has 0 nitrogen and oxygen atoms in total. The lowest BCUT2D eigenvalue weighted by Crippen LogP contribution is -1.97. The molecule has 0 radical (unpaired) electrons. The quantitative estimate of drug-likeness (QED) is 0.624. The molecule has 0 saturated heterocycles. The van der Waals surface area contributed by atoms with Gasteiger partial charge < -0.3 is 0 Å². The molecule has 1 aromatic carbocycles. The van der Waals surface area contributed by atoms with E-state index < -0.39 is 0 Å². The summed E-state index contributed by atoms with van der Waals surface area (Å²) < 4.78 is 0. The summed E-state index contributed by atoms with van der Waals surface area (Å²) in [5.74, 6) is 3.18. The highest BCUT2D eigenvalue weighted by molar-refractivity contribution is 5.63. The minimum atomic E-state index is 0.336. The molecule has 0 heterocycles. The van der Waals surface area contributed by atoms with Gasteiger partial charge >= 0.3 is 0 Å². The monoisotopic (exact) mass is 198 g/mol. The van der Waals surface area contributed by atoms with Gasteiger partial charge in [-0.15, -0.1) is 12.3 Å². The van der Waals surface area contributed by atoms with E-state index >= 15 is 0 Å². The summed E-state index contributed by atoms with van der Waals surface area (Å²) in [6.07, 6.45) is 8.63. The van der Waals surface area contributed by atoms with Crippen LogP contribution in [0.15, 0.2) is 36.9 Å². The van der Waals surface area contributed by atoms with Gasteiger partial charge in [-0.1, -0.05) is 50.3 Å². The maximum absolute atomic E-state index is 5.49. The third-order valence-corrected chi connectivity index (χ3v) is 2.55. The van der Waals surface area contributed by atoms with Crippen LogP contribution >= 0.6 is 0 Å². The molecule has 0 aliphatic carbocycles. The van der Waals surface area contributed by atoms with E-state index in [2.05, 4.69) is 31.6 Å². The fraction of sp³-hybridized carbons (Fsp3) is 0.333. The second kappa shape index (κ2) is 6.09. The molecule has 0 N–H and O–H groups in total. The smallest absolute Gasteiger partial charge is 0.0240 e. The van der Waals surface area contributed by atoms with Crippen LogP contribution in [0.2, 0.25) is 0 Å². The zero-order valence-corrected chi connectivity index (χ0v) is 9.37. The van der Waals surface area contributed by atoms with Gasteiger partial charge in [0, 0.05) is 5.92 Å². The van der Waals surface area contributed by atoms with E-state index in [0.29, 0.717) is 5.92 Å². The molecular weight excluding hydrogens is 180 g/mol. The number of hydrogen-bond donors (Lipinski definition) is 0. The minimum absolute atomic E-state index is 0.336. The van der Waals surface area contributed by atoms with E-state index in [1.54, 1.807) is 0 Å². The lowest BCUT2D eigenvalue weighted by atomic mass is 9.93. The van der Waals surface area contributed by atoms with Crippen LogP contribution in [-0.4, -0.2) is 0 Å². The normalized spacial score (nSPS) is 11.7. The van der Waals surface area contributed by atoms with Gasteiger partial charge in [0.25, 0.3) is 0 Å². The molecule has 0 saturated carbocycles. The second-order valence-electron chi connectivity index (χ2n) is 3.83. The molecule has 0 aliphatic heterocycles. The average molecular weight is 198 g/mol. The lowest BCUT2D eigenvalue weighted by Gasteiger charge is -2.11. The van der Waals surface area contributed by atoms with Gasteiger partial charge in [-0.25, -0.2) is 0 Å². The molecule has 78 valence electrons. The van der Waals surface area contributed by atoms with Gasteiger partial charge in [-0.2, -0.15) is 0 Å². The fourth-order valence-electron chi connectivity index (χ4n) is 1.68. The van der Waals surface area contributed by atoms with Crippen molar-refractivity contribution in [1.29, 1.82) is 0 Å². The maximum atomic E-state index is 5.49. The van der Waals surface area contributed by atoms with E-state index in [9.17, 15) is 0 Å². The van der Waals surface area contributed by atoms with Crippen molar-refractivity contribution >= 4 is 5.57 Å². The third-order valence-electron chi connectivity index (χ3n) is 2.55. The van der Waals surface area contributed by atoms with Crippen molar-refractivity contribution < 1.29 is 0 Å². The van der Waals surface area contributed by atoms with Gasteiger partial charge in [0.1, 0.15) is 0 Å². The molecule has 0 fully saturated rings. The summed E-state index contributed by atoms with van der Waals surface area (Å²) in [6.45, 7) is 6.26. The van der Waals surface area contributed by atoms with Crippen molar-refractivity contribution in [3.63, 3.8) is 0 Å². The van der Waals surface area contributed by atoms with E-state index in [4.69, 9.17) is 6.42 Å². The Kier molecular flexibility index (Phi) is 4.71. The first-order valence-electron chi connectivity index (χ1n) is 5.47. The summed E-state index contributed by atoms with van der Waals surface area (Å²) >= 11 is 0. The van der Waals surface area contributed by atoms with Gasteiger partial charge in [0.05, 0.1) is 0 Å². The summed E-state index contributed by atoms with van der Waals surface area (Å²) in [4.78, 5) is 0. The molecule has 15 heavy (non-hydrogen) atoms. The number of rotatable bonds is 5. The van der Waals surface area contributed by atoms with Crippen molar-refractivity contribution in [3.8, 4) is 12.3 Å². The molecule has 1 rings (SSSR count). The molecule has 0 aliphatic rings. The van der Waals surface area contributed by atoms with Crippen LogP contribution in [-0.2, 0) is 0 Å². The molecule has 0 aromatic heterocycles. The van der Waals surface area contributed by atoms with Gasteiger partial charge in [0.2, 0.25) is 0 Å². The van der Waals surface area contributed by atoms with Crippen LogP contribution in [0.5, 0.6) is 0 Å². The van der Waals surface area contributed by atoms with Crippen molar-refractivity contribution in [2.75, 3.05) is 0 Å². The number of benzene rings is 1. The minimum Gasteiger partial charge on any atom is -0.120 e. The largest absolute Gasteiger partial charge is 0.120 e. The first-order valence-corrected chi connectivity index (χ1v) is 5.47. The van der Waals surface area contributed by atoms with Crippen LogP contribution in [0.3, 0.4) is 0 Å². The van der Waals surface area contributed by atoms with E-state index in [1.165, 1.54) is 5.56 Å². The highest BCUT2D eigenvalue weighted by Crippen LogP contribution is 2.22. The van der Waals surface area contributed by atoms with Gasteiger partial charge in [-0.05, 0) is 24.0 Å². The Labute approximate surface area is 93.0 Å². The van der Waals surface area contributed by atoms with E-state index in [-0.39, 0.29) is 0 Å². The van der Waals surface area contributed by atoms with Crippen LogP contribution in [0.1, 0.15) is 31.7 Å². The Morgan fingerprint density at radius 3 is 2.60 bits per heavy atom. The Morgan fingerprint density at radius 2 is 2.07 bits per heavy atom. The molecule has 0 heteroatoms. The average Bonchev–Trinajstić information content (AvgIpc) is 2.29. The Balaban J connectivity index is 2.60. The summed E-state index contributed by atoms with van der Waals surface area (Å²) in [6, 6.07) is 10.3. The molecular formula is C15H18. The predicted molar refractivity (Wildman–Crippen MR) is 67.3 cm³/mol. The van der Waals surface area contributed by atoms with Crippen LogP contribution in [0.4, 0.5) is 0 Å². The molecule has 1 unspecified atom stereocenters. The van der Waals surface area contributed by atoms with Crippen molar-refractivity contribution in [1.82, 2.24) is 0 Å². The highest BCUT2D eigenvalue weighted by atomic mass is 14.1. The molecule has 0 bridgehead atoms. The number of allylic oxidation sites excluding steroid dienone is 1. The topological polar surface area (TPSA) is 0 Å². The van der Waals surface area contributed by atoms with Crippen molar-refractivity contribution in [2.24, 2.45) is 5.92 Å². The van der Waals surface area contributed by atoms with Crippen LogP contribution in [0, 0.1) is 18.3 Å². The van der Waals surface area contributed by atoms with E-state index in [0.717, 1.165) is 24.8 Å². The first kappa shape index (κ1) is 11.6. The van der Waals surface area contributed by atoms with Crippen LogP contribution < -0.4 is 0 Å². The fourth-order valence-corrected chi connectivity index (χ4v) is 1.68. The summed E-state index contributed by atoms with van der Waals surface area (Å²) in [5, 5.41) is 0. The number of hydrogen-bond acceptors (Lipinski definition) is 0. The van der Waals surface area contributed by atoms with Gasteiger partial charge in [0.15, 0.2) is 0 Å². The third kappa shape index (κ3) is 3.64. The highest BCUT2D eigenvalue weighted by Gasteiger charge is 2.07. The SMILES string of the molecule is C#CC(CCC)CC(=C)c1ccccc1. The Bertz CT molecular complexity index is 340. The zero-order valence-electron chi connectivity index (χ0n) is 9.37. The van der Waals surface area contributed by atoms with Crippen molar-refractivity contribution in [2.45, 2.75) is 26.2 Å². The summed E-state index contributed by atoms with van der Waals surface area (Å²) in [5.41, 5.74) is 2.35. The number of terminal acetylenes is 1. The maximum Gasteiger partial charge on any atom is 0.0240 e.